The molecular formula is C12H15IN4. The lowest BCUT2D eigenvalue weighted by molar-refractivity contribution is 0.807. The van der Waals surface area contributed by atoms with Gasteiger partial charge in [0.1, 0.15) is 0 Å². The van der Waals surface area contributed by atoms with E-state index in [1.165, 1.54) is 0 Å². The highest BCUT2D eigenvalue weighted by atomic mass is 127. The van der Waals surface area contributed by atoms with Crippen molar-refractivity contribution in [3.05, 3.63) is 39.4 Å². The van der Waals surface area contributed by atoms with Crippen molar-refractivity contribution in [2.24, 2.45) is 5.73 Å². The lowest BCUT2D eigenvalue weighted by atomic mass is 10.1. The van der Waals surface area contributed by atoms with Crippen LogP contribution in [0.2, 0.25) is 0 Å². The Labute approximate surface area is 114 Å². The molecule has 0 saturated heterocycles. The van der Waals surface area contributed by atoms with E-state index in [0.717, 1.165) is 33.5 Å². The van der Waals surface area contributed by atoms with Crippen LogP contribution in [0.3, 0.4) is 0 Å². The molecule has 2 aromatic heterocycles. The minimum atomic E-state index is 0.532. The van der Waals surface area contributed by atoms with E-state index in [1.807, 2.05) is 18.5 Å². The van der Waals surface area contributed by atoms with Crippen LogP contribution >= 0.6 is 22.6 Å². The van der Waals surface area contributed by atoms with Crippen LogP contribution in [0.4, 0.5) is 0 Å². The first-order valence-corrected chi connectivity index (χ1v) is 6.71. The van der Waals surface area contributed by atoms with Crippen molar-refractivity contribution in [3.63, 3.8) is 0 Å². The smallest absolute Gasteiger partial charge is 0.153 e. The van der Waals surface area contributed by atoms with Gasteiger partial charge in [-0.3, -0.25) is 0 Å². The highest BCUT2D eigenvalue weighted by Gasteiger charge is 2.05. The van der Waals surface area contributed by atoms with Crippen molar-refractivity contribution < 1.29 is 0 Å². The first-order valence-electron chi connectivity index (χ1n) is 5.63. The molecule has 17 heavy (non-hydrogen) atoms. The van der Waals surface area contributed by atoms with Gasteiger partial charge in [-0.1, -0.05) is 13.3 Å². The Morgan fingerprint density at radius 1 is 1.41 bits per heavy atom. The Bertz CT molecular complexity index is 507. The Morgan fingerprint density at radius 2 is 2.24 bits per heavy atom. The second-order valence-corrected chi connectivity index (χ2v) is 5.13. The fourth-order valence-electron chi connectivity index (χ4n) is 1.68. The number of pyridine rings is 1. The molecule has 0 aliphatic heterocycles. The molecule has 0 amide bonds. The van der Waals surface area contributed by atoms with Crippen molar-refractivity contribution in [3.8, 4) is 5.82 Å². The summed E-state index contributed by atoms with van der Waals surface area (Å²) in [7, 11) is 0. The van der Waals surface area contributed by atoms with Crippen LogP contribution in [0.5, 0.6) is 0 Å². The summed E-state index contributed by atoms with van der Waals surface area (Å²) < 4.78 is 2.89. The van der Waals surface area contributed by atoms with E-state index in [2.05, 4.69) is 45.7 Å². The molecule has 0 spiro atoms. The van der Waals surface area contributed by atoms with Gasteiger partial charge in [0, 0.05) is 18.4 Å². The SMILES string of the molecule is CCCc1cc(CN)cc(-n2cc(I)cn2)n1. The van der Waals surface area contributed by atoms with Gasteiger partial charge < -0.3 is 5.73 Å². The van der Waals surface area contributed by atoms with Gasteiger partial charge in [-0.05, 0) is 46.7 Å². The number of hydrogen-bond acceptors (Lipinski definition) is 3. The molecule has 0 aliphatic rings. The molecule has 0 unspecified atom stereocenters. The predicted octanol–water partition coefficient (Wildman–Crippen LogP) is 2.28. The standard InChI is InChI=1S/C12H15IN4/c1-2-3-11-4-9(6-14)5-12(16-11)17-8-10(13)7-15-17/h4-5,7-8H,2-3,6,14H2,1H3. The second kappa shape index (κ2) is 5.59. The molecule has 0 saturated carbocycles. The van der Waals surface area contributed by atoms with Gasteiger partial charge in [0.2, 0.25) is 0 Å². The number of nitrogens with zero attached hydrogens (tertiary/aromatic N) is 3. The molecule has 0 radical (unpaired) electrons. The first-order chi connectivity index (χ1) is 8.22. The highest BCUT2D eigenvalue weighted by Crippen LogP contribution is 2.12. The third-order valence-corrected chi connectivity index (χ3v) is 3.01. The molecule has 90 valence electrons. The minimum Gasteiger partial charge on any atom is -0.326 e. The molecule has 4 nitrogen and oxygen atoms in total. The monoisotopic (exact) mass is 342 g/mol. The maximum Gasteiger partial charge on any atom is 0.153 e. The van der Waals surface area contributed by atoms with Gasteiger partial charge in [-0.2, -0.15) is 5.10 Å². The number of rotatable bonds is 4. The molecule has 0 aromatic carbocycles. The maximum atomic E-state index is 5.71. The first kappa shape index (κ1) is 12.5. The number of halogens is 1. The van der Waals surface area contributed by atoms with E-state index < -0.39 is 0 Å². The van der Waals surface area contributed by atoms with Crippen molar-refractivity contribution >= 4 is 22.6 Å². The van der Waals surface area contributed by atoms with Gasteiger partial charge in [0.25, 0.3) is 0 Å². The van der Waals surface area contributed by atoms with Crippen molar-refractivity contribution in [1.29, 1.82) is 0 Å². The van der Waals surface area contributed by atoms with Crippen LogP contribution in [0.15, 0.2) is 24.5 Å². The van der Waals surface area contributed by atoms with Crippen molar-refractivity contribution in [2.45, 2.75) is 26.3 Å². The van der Waals surface area contributed by atoms with E-state index in [9.17, 15) is 0 Å². The van der Waals surface area contributed by atoms with Gasteiger partial charge >= 0.3 is 0 Å². The Kier molecular flexibility index (Phi) is 4.11. The largest absolute Gasteiger partial charge is 0.326 e. The summed E-state index contributed by atoms with van der Waals surface area (Å²) in [6.45, 7) is 2.68. The van der Waals surface area contributed by atoms with Crippen molar-refractivity contribution in [2.75, 3.05) is 0 Å². The second-order valence-electron chi connectivity index (χ2n) is 3.88. The summed E-state index contributed by atoms with van der Waals surface area (Å²) >= 11 is 2.23. The number of nitrogens with two attached hydrogens (primary N) is 1. The average Bonchev–Trinajstić information content (AvgIpc) is 2.76. The fraction of sp³-hybridized carbons (Fsp3) is 0.333. The average molecular weight is 342 g/mol. The highest BCUT2D eigenvalue weighted by molar-refractivity contribution is 14.1. The topological polar surface area (TPSA) is 56.7 Å². The molecule has 2 rings (SSSR count). The third-order valence-electron chi connectivity index (χ3n) is 2.45. The third kappa shape index (κ3) is 3.04. The lowest BCUT2D eigenvalue weighted by Crippen LogP contribution is -2.05. The Balaban J connectivity index is 2.42. The van der Waals surface area contributed by atoms with Crippen LogP contribution in [0.25, 0.3) is 5.82 Å². The van der Waals surface area contributed by atoms with E-state index in [-0.39, 0.29) is 0 Å². The zero-order valence-corrected chi connectivity index (χ0v) is 11.9. The van der Waals surface area contributed by atoms with Gasteiger partial charge in [0.05, 0.1) is 9.77 Å². The van der Waals surface area contributed by atoms with Gasteiger partial charge in [-0.15, -0.1) is 0 Å². The molecular weight excluding hydrogens is 327 g/mol. The Hall–Kier alpha value is -0.950. The molecule has 0 fully saturated rings. The number of hydrogen-bond donors (Lipinski definition) is 1. The minimum absolute atomic E-state index is 0.532. The van der Waals surface area contributed by atoms with Gasteiger partial charge in [0.15, 0.2) is 5.82 Å². The molecule has 0 bridgehead atoms. The Morgan fingerprint density at radius 3 is 2.82 bits per heavy atom. The number of aryl methyl sites for hydroxylation is 1. The summed E-state index contributed by atoms with van der Waals surface area (Å²) in [5, 5.41) is 4.27. The molecule has 2 aromatic rings. The van der Waals surface area contributed by atoms with E-state index in [1.54, 1.807) is 4.68 Å². The van der Waals surface area contributed by atoms with Crippen LogP contribution in [-0.4, -0.2) is 14.8 Å². The summed E-state index contributed by atoms with van der Waals surface area (Å²) in [6.07, 6.45) is 5.83. The van der Waals surface area contributed by atoms with Crippen LogP contribution in [-0.2, 0) is 13.0 Å². The van der Waals surface area contributed by atoms with Crippen molar-refractivity contribution in [1.82, 2.24) is 14.8 Å². The molecule has 0 aliphatic carbocycles. The van der Waals surface area contributed by atoms with Crippen LogP contribution < -0.4 is 5.73 Å². The molecule has 5 heteroatoms. The summed E-state index contributed by atoms with van der Waals surface area (Å²) in [5.74, 6) is 0.847. The fourth-order valence-corrected chi connectivity index (χ4v) is 2.07. The number of aromatic nitrogens is 3. The van der Waals surface area contributed by atoms with E-state index in [0.29, 0.717) is 6.54 Å². The van der Waals surface area contributed by atoms with E-state index >= 15 is 0 Å². The summed E-state index contributed by atoms with van der Waals surface area (Å²) in [4.78, 5) is 4.60. The van der Waals surface area contributed by atoms with Crippen LogP contribution in [0.1, 0.15) is 24.6 Å². The normalized spacial score (nSPS) is 10.8. The van der Waals surface area contributed by atoms with Crippen LogP contribution in [0, 0.1) is 3.57 Å². The van der Waals surface area contributed by atoms with E-state index in [4.69, 9.17) is 5.73 Å². The maximum absolute atomic E-state index is 5.71. The zero-order chi connectivity index (χ0) is 12.3. The van der Waals surface area contributed by atoms with Gasteiger partial charge in [-0.25, -0.2) is 9.67 Å². The summed E-state index contributed by atoms with van der Waals surface area (Å²) in [5.41, 5.74) is 7.89. The zero-order valence-electron chi connectivity index (χ0n) is 9.73. The predicted molar refractivity (Wildman–Crippen MR) is 76.0 cm³/mol. The molecule has 2 N–H and O–H groups in total. The lowest BCUT2D eigenvalue weighted by Gasteiger charge is -2.07. The quantitative estimate of drug-likeness (QED) is 0.868. The summed E-state index contributed by atoms with van der Waals surface area (Å²) in [6, 6.07) is 4.06. The molecule has 0 atom stereocenters. The molecule has 2 heterocycles.